The molecule has 0 fully saturated rings. The maximum absolute atomic E-state index is 13.6. The van der Waals surface area contributed by atoms with Gasteiger partial charge >= 0.3 is 0 Å². The number of aryl methyl sites for hydroxylation is 1. The highest BCUT2D eigenvalue weighted by Gasteiger charge is 2.16. The van der Waals surface area contributed by atoms with E-state index < -0.39 is 0 Å². The van der Waals surface area contributed by atoms with E-state index in [1.54, 1.807) is 12.1 Å². The first-order valence-corrected chi connectivity index (χ1v) is 8.20. The first kappa shape index (κ1) is 14.1. The van der Waals surface area contributed by atoms with Crippen LogP contribution in [0.2, 0.25) is 0 Å². The SMILES string of the molecule is Fc1cc(C(Br)c2ccc3c(c2)CCCO3)ccc1Br. The summed E-state index contributed by atoms with van der Waals surface area (Å²) < 4.78 is 19.7. The van der Waals surface area contributed by atoms with Gasteiger partial charge in [-0.15, -0.1) is 0 Å². The van der Waals surface area contributed by atoms with Crippen LogP contribution in [0, 0.1) is 5.82 Å². The van der Waals surface area contributed by atoms with Gasteiger partial charge in [0.2, 0.25) is 0 Å². The van der Waals surface area contributed by atoms with Gasteiger partial charge in [-0.3, -0.25) is 0 Å². The second kappa shape index (κ2) is 5.86. The van der Waals surface area contributed by atoms with Crippen LogP contribution in [0.3, 0.4) is 0 Å². The van der Waals surface area contributed by atoms with Crippen LogP contribution in [-0.2, 0) is 6.42 Å². The van der Waals surface area contributed by atoms with Crippen LogP contribution >= 0.6 is 31.9 Å². The molecule has 0 spiro atoms. The van der Waals surface area contributed by atoms with Crippen molar-refractivity contribution in [3.8, 4) is 5.75 Å². The Morgan fingerprint density at radius 2 is 1.85 bits per heavy atom. The molecule has 104 valence electrons. The highest BCUT2D eigenvalue weighted by Crippen LogP contribution is 2.35. The molecular weight excluding hydrogens is 387 g/mol. The first-order chi connectivity index (χ1) is 9.65. The summed E-state index contributed by atoms with van der Waals surface area (Å²) in [5.74, 6) is 0.731. The summed E-state index contributed by atoms with van der Waals surface area (Å²) in [6.45, 7) is 0.794. The Morgan fingerprint density at radius 3 is 2.65 bits per heavy atom. The molecule has 1 atom stereocenters. The van der Waals surface area contributed by atoms with E-state index in [2.05, 4.69) is 37.9 Å². The number of ether oxygens (including phenoxy) is 1. The first-order valence-electron chi connectivity index (χ1n) is 6.50. The molecule has 4 heteroatoms. The van der Waals surface area contributed by atoms with E-state index in [0.29, 0.717) is 4.47 Å². The zero-order valence-corrected chi connectivity index (χ0v) is 13.9. The fourth-order valence-corrected chi connectivity index (χ4v) is 3.22. The summed E-state index contributed by atoms with van der Waals surface area (Å²) >= 11 is 6.84. The van der Waals surface area contributed by atoms with Crippen LogP contribution < -0.4 is 4.74 Å². The highest BCUT2D eigenvalue weighted by atomic mass is 79.9. The van der Waals surface area contributed by atoms with Gasteiger partial charge in [0.15, 0.2) is 0 Å². The largest absolute Gasteiger partial charge is 0.493 e. The maximum atomic E-state index is 13.6. The van der Waals surface area contributed by atoms with Crippen LogP contribution in [-0.4, -0.2) is 6.61 Å². The third-order valence-corrected chi connectivity index (χ3v) is 5.16. The van der Waals surface area contributed by atoms with E-state index in [-0.39, 0.29) is 10.6 Å². The molecule has 20 heavy (non-hydrogen) atoms. The topological polar surface area (TPSA) is 9.23 Å². The van der Waals surface area contributed by atoms with Crippen LogP contribution in [0.4, 0.5) is 4.39 Å². The molecular formula is C16H13Br2FO. The van der Waals surface area contributed by atoms with Crippen molar-refractivity contribution in [2.75, 3.05) is 6.61 Å². The number of fused-ring (bicyclic) bond motifs is 1. The summed E-state index contributed by atoms with van der Waals surface area (Å²) in [6.07, 6.45) is 2.09. The second-order valence-electron chi connectivity index (χ2n) is 4.86. The minimum Gasteiger partial charge on any atom is -0.493 e. The standard InChI is InChI=1S/C16H13Br2FO/c17-13-5-3-12(9-14(13)19)16(18)11-4-6-15-10(8-11)2-1-7-20-15/h3-6,8-9,16H,1-2,7H2. The molecule has 3 rings (SSSR count). The van der Waals surface area contributed by atoms with Crippen molar-refractivity contribution >= 4 is 31.9 Å². The van der Waals surface area contributed by atoms with E-state index in [1.807, 2.05) is 18.2 Å². The molecule has 0 aromatic heterocycles. The molecule has 0 bridgehead atoms. The van der Waals surface area contributed by atoms with Crippen LogP contribution in [0.5, 0.6) is 5.75 Å². The third-order valence-electron chi connectivity index (χ3n) is 3.46. The molecule has 1 nitrogen and oxygen atoms in total. The van der Waals surface area contributed by atoms with E-state index in [1.165, 1.54) is 5.56 Å². The quantitative estimate of drug-likeness (QED) is 0.614. The lowest BCUT2D eigenvalue weighted by Crippen LogP contribution is -2.08. The smallest absolute Gasteiger partial charge is 0.137 e. The summed E-state index contributed by atoms with van der Waals surface area (Å²) in [6, 6.07) is 11.4. The van der Waals surface area contributed by atoms with Crippen LogP contribution in [0.1, 0.15) is 27.9 Å². The Kier molecular flexibility index (Phi) is 4.13. The average Bonchev–Trinajstić information content (AvgIpc) is 2.49. The summed E-state index contributed by atoms with van der Waals surface area (Å²) in [7, 11) is 0. The number of halogens is 3. The predicted molar refractivity (Wildman–Crippen MR) is 85.1 cm³/mol. The van der Waals surface area contributed by atoms with Crippen molar-refractivity contribution in [2.45, 2.75) is 17.7 Å². The Labute approximate surface area is 134 Å². The zero-order chi connectivity index (χ0) is 14.1. The van der Waals surface area contributed by atoms with E-state index in [4.69, 9.17) is 4.74 Å². The van der Waals surface area contributed by atoms with Gasteiger partial charge in [0.25, 0.3) is 0 Å². The molecule has 1 aliphatic heterocycles. The maximum Gasteiger partial charge on any atom is 0.137 e. The lowest BCUT2D eigenvalue weighted by atomic mass is 9.99. The van der Waals surface area contributed by atoms with Crippen molar-refractivity contribution in [2.24, 2.45) is 0 Å². The molecule has 0 N–H and O–H groups in total. The average molecular weight is 400 g/mol. The Hall–Kier alpha value is -0.870. The van der Waals surface area contributed by atoms with Gasteiger partial charge in [-0.05, 0) is 63.7 Å². The summed E-state index contributed by atoms with van der Waals surface area (Å²) in [4.78, 5) is -0.0164. The van der Waals surface area contributed by atoms with Crippen molar-refractivity contribution in [3.63, 3.8) is 0 Å². The molecule has 0 amide bonds. The van der Waals surface area contributed by atoms with E-state index >= 15 is 0 Å². The number of hydrogen-bond acceptors (Lipinski definition) is 1. The molecule has 1 aliphatic rings. The second-order valence-corrected chi connectivity index (χ2v) is 6.63. The summed E-state index contributed by atoms with van der Waals surface area (Å²) in [5.41, 5.74) is 3.26. The van der Waals surface area contributed by atoms with Crippen molar-refractivity contribution in [3.05, 3.63) is 63.4 Å². The van der Waals surface area contributed by atoms with Gasteiger partial charge in [-0.2, -0.15) is 0 Å². The van der Waals surface area contributed by atoms with Gasteiger partial charge in [-0.25, -0.2) is 4.39 Å². The van der Waals surface area contributed by atoms with E-state index in [9.17, 15) is 4.39 Å². The van der Waals surface area contributed by atoms with Gasteiger partial charge in [0, 0.05) is 0 Å². The molecule has 0 saturated heterocycles. The normalized spacial score (nSPS) is 15.3. The number of hydrogen-bond donors (Lipinski definition) is 0. The van der Waals surface area contributed by atoms with Gasteiger partial charge < -0.3 is 4.74 Å². The molecule has 0 radical (unpaired) electrons. The molecule has 2 aromatic rings. The minimum atomic E-state index is -0.242. The number of benzene rings is 2. The zero-order valence-electron chi connectivity index (χ0n) is 10.7. The lowest BCUT2D eigenvalue weighted by molar-refractivity contribution is 0.288. The fraction of sp³-hybridized carbons (Fsp3) is 0.250. The van der Waals surface area contributed by atoms with Gasteiger partial charge in [0.1, 0.15) is 11.6 Å². The Balaban J connectivity index is 1.93. The number of alkyl halides is 1. The van der Waals surface area contributed by atoms with Crippen molar-refractivity contribution < 1.29 is 9.13 Å². The molecule has 0 aliphatic carbocycles. The van der Waals surface area contributed by atoms with Gasteiger partial charge in [0.05, 0.1) is 15.9 Å². The highest BCUT2D eigenvalue weighted by molar-refractivity contribution is 9.10. The Morgan fingerprint density at radius 1 is 1.10 bits per heavy atom. The fourth-order valence-electron chi connectivity index (χ4n) is 2.40. The molecule has 1 unspecified atom stereocenters. The predicted octanol–water partition coefficient (Wildman–Crippen LogP) is 5.40. The number of rotatable bonds is 2. The molecule has 1 heterocycles. The molecule has 0 saturated carbocycles. The monoisotopic (exact) mass is 398 g/mol. The Bertz CT molecular complexity index is 642. The van der Waals surface area contributed by atoms with Crippen LogP contribution in [0.15, 0.2) is 40.9 Å². The minimum absolute atomic E-state index is 0.0164. The lowest BCUT2D eigenvalue weighted by Gasteiger charge is -2.19. The van der Waals surface area contributed by atoms with Crippen LogP contribution in [0.25, 0.3) is 0 Å². The molecule has 2 aromatic carbocycles. The van der Waals surface area contributed by atoms with E-state index in [0.717, 1.165) is 36.3 Å². The van der Waals surface area contributed by atoms with Crippen molar-refractivity contribution in [1.82, 2.24) is 0 Å². The van der Waals surface area contributed by atoms with Gasteiger partial charge in [-0.1, -0.05) is 34.1 Å². The third kappa shape index (κ3) is 2.77. The van der Waals surface area contributed by atoms with Crippen molar-refractivity contribution in [1.29, 1.82) is 0 Å². The summed E-state index contributed by atoms with van der Waals surface area (Å²) in [5, 5.41) is 0.